The molecule has 0 radical (unpaired) electrons. The third-order valence-corrected chi connectivity index (χ3v) is 4.84. The molecule has 0 fully saturated rings. The Balaban J connectivity index is 0.00000300. The minimum atomic E-state index is 0. The summed E-state index contributed by atoms with van der Waals surface area (Å²) in [7, 11) is 3.27. The number of ether oxygens (including phenoxy) is 2. The molecule has 7 heteroatoms. The number of aromatic nitrogens is 1. The number of methoxy groups -OCH3 is 2. The molecule has 29 heavy (non-hydrogen) atoms. The fraction of sp³-hybridized carbons (Fsp3) is 0.318. The van der Waals surface area contributed by atoms with E-state index < -0.39 is 0 Å². The molecule has 3 aromatic rings. The van der Waals surface area contributed by atoms with Crippen molar-refractivity contribution < 1.29 is 9.47 Å². The topological polar surface area (TPSA) is 84.7 Å². The largest absolute Gasteiger partial charge is 0.493 e. The number of nitrogens with two attached hydrogens (primary N) is 1. The lowest BCUT2D eigenvalue weighted by atomic mass is 10.1. The first-order chi connectivity index (χ1) is 13.6. The highest BCUT2D eigenvalue weighted by Gasteiger charge is 2.06. The van der Waals surface area contributed by atoms with Gasteiger partial charge in [-0.25, -0.2) is 0 Å². The van der Waals surface area contributed by atoms with Crippen LogP contribution in [0.3, 0.4) is 0 Å². The van der Waals surface area contributed by atoms with Crippen molar-refractivity contribution in [2.75, 3.05) is 27.3 Å². The van der Waals surface area contributed by atoms with Gasteiger partial charge in [-0.2, -0.15) is 0 Å². The lowest BCUT2D eigenvalue weighted by Crippen LogP contribution is -2.33. The number of nitrogens with zero attached hydrogens (tertiary/aromatic N) is 1. The number of hydrogen-bond donors (Lipinski definition) is 3. The van der Waals surface area contributed by atoms with Crippen molar-refractivity contribution in [2.24, 2.45) is 10.7 Å². The van der Waals surface area contributed by atoms with Gasteiger partial charge >= 0.3 is 0 Å². The molecular weight excluding hydrogens is 479 g/mol. The second-order valence-electron chi connectivity index (χ2n) is 6.69. The highest BCUT2D eigenvalue weighted by molar-refractivity contribution is 14.0. The van der Waals surface area contributed by atoms with Crippen LogP contribution in [0.4, 0.5) is 0 Å². The maximum atomic E-state index is 6.00. The van der Waals surface area contributed by atoms with Crippen LogP contribution >= 0.6 is 24.0 Å². The van der Waals surface area contributed by atoms with Gasteiger partial charge in [-0.3, -0.25) is 4.99 Å². The number of rotatable bonds is 8. The molecule has 0 aliphatic heterocycles. The van der Waals surface area contributed by atoms with E-state index in [4.69, 9.17) is 15.2 Å². The molecule has 1 aromatic heterocycles. The van der Waals surface area contributed by atoms with Crippen molar-refractivity contribution in [3.63, 3.8) is 0 Å². The number of guanidine groups is 1. The van der Waals surface area contributed by atoms with E-state index in [0.29, 0.717) is 19.0 Å². The average Bonchev–Trinajstić information content (AvgIpc) is 3.12. The predicted molar refractivity (Wildman–Crippen MR) is 130 cm³/mol. The van der Waals surface area contributed by atoms with E-state index in [2.05, 4.69) is 46.6 Å². The molecule has 0 unspecified atom stereocenters. The highest BCUT2D eigenvalue weighted by Crippen LogP contribution is 2.27. The van der Waals surface area contributed by atoms with Gasteiger partial charge in [-0.1, -0.05) is 24.3 Å². The van der Waals surface area contributed by atoms with Crippen LogP contribution in [0.5, 0.6) is 11.5 Å². The molecule has 156 valence electrons. The van der Waals surface area contributed by atoms with Gasteiger partial charge in [0.15, 0.2) is 17.5 Å². The maximum absolute atomic E-state index is 6.00. The van der Waals surface area contributed by atoms with Gasteiger partial charge in [0.2, 0.25) is 0 Å². The summed E-state index contributed by atoms with van der Waals surface area (Å²) in [5, 5.41) is 4.43. The Labute approximate surface area is 188 Å². The first-order valence-electron chi connectivity index (χ1n) is 9.42. The Morgan fingerprint density at radius 2 is 1.90 bits per heavy atom. The third kappa shape index (κ3) is 5.79. The molecule has 0 saturated heterocycles. The number of H-pyrrole nitrogens is 1. The molecule has 0 aliphatic rings. The van der Waals surface area contributed by atoms with Crippen LogP contribution in [-0.2, 0) is 12.8 Å². The summed E-state index contributed by atoms with van der Waals surface area (Å²) in [4.78, 5) is 7.80. The molecule has 6 nitrogen and oxygen atoms in total. The van der Waals surface area contributed by atoms with Crippen LogP contribution < -0.4 is 20.5 Å². The molecule has 0 atom stereocenters. The fourth-order valence-electron chi connectivity index (χ4n) is 3.29. The Bertz CT molecular complexity index is 969. The minimum Gasteiger partial charge on any atom is -0.493 e. The second-order valence-corrected chi connectivity index (χ2v) is 6.69. The van der Waals surface area contributed by atoms with Gasteiger partial charge in [0.05, 0.1) is 14.2 Å². The van der Waals surface area contributed by atoms with Crippen molar-refractivity contribution in [1.29, 1.82) is 0 Å². The van der Waals surface area contributed by atoms with Gasteiger partial charge in [-0.05, 0) is 48.6 Å². The van der Waals surface area contributed by atoms with Gasteiger partial charge in [-0.15, -0.1) is 24.0 Å². The summed E-state index contributed by atoms with van der Waals surface area (Å²) in [5.41, 5.74) is 10.9. The molecule has 0 spiro atoms. The van der Waals surface area contributed by atoms with Crippen LogP contribution in [0, 0.1) is 6.92 Å². The number of fused-ring (bicyclic) bond motifs is 1. The number of aryl methyl sites for hydroxylation is 1. The highest BCUT2D eigenvalue weighted by atomic mass is 127. The summed E-state index contributed by atoms with van der Waals surface area (Å²) in [6.45, 7) is 3.47. The smallest absolute Gasteiger partial charge is 0.188 e. The maximum Gasteiger partial charge on any atom is 0.188 e. The van der Waals surface area contributed by atoms with E-state index >= 15 is 0 Å². The number of benzene rings is 2. The third-order valence-electron chi connectivity index (χ3n) is 4.84. The van der Waals surface area contributed by atoms with E-state index in [1.165, 1.54) is 22.0 Å². The van der Waals surface area contributed by atoms with Crippen LogP contribution in [0.2, 0.25) is 0 Å². The quantitative estimate of drug-likeness (QED) is 0.246. The number of hydrogen-bond acceptors (Lipinski definition) is 3. The van der Waals surface area contributed by atoms with Crippen molar-refractivity contribution in [3.05, 3.63) is 59.3 Å². The normalized spacial score (nSPS) is 11.2. The van der Waals surface area contributed by atoms with Crippen molar-refractivity contribution in [3.8, 4) is 11.5 Å². The van der Waals surface area contributed by atoms with Gasteiger partial charge < -0.3 is 25.5 Å². The first-order valence-corrected chi connectivity index (χ1v) is 9.42. The predicted octanol–water partition coefficient (Wildman–Crippen LogP) is 3.80. The van der Waals surface area contributed by atoms with E-state index in [1.54, 1.807) is 14.2 Å². The van der Waals surface area contributed by atoms with E-state index in [9.17, 15) is 0 Å². The average molecular weight is 508 g/mol. The summed E-state index contributed by atoms with van der Waals surface area (Å²) >= 11 is 0. The zero-order valence-electron chi connectivity index (χ0n) is 17.1. The molecule has 0 bridgehead atoms. The standard InChI is InChI=1S/C22H28N4O2.HI/c1-15-5-4-6-18-17(14-26-21(15)18)10-12-25-22(23)24-11-9-16-7-8-19(27-2)20(13-16)28-3;/h4-8,13-14,26H,9-12H2,1-3H3,(H3,23,24,25);1H. The lowest BCUT2D eigenvalue weighted by Gasteiger charge is -2.10. The second kappa shape index (κ2) is 10.9. The molecule has 2 aromatic carbocycles. The summed E-state index contributed by atoms with van der Waals surface area (Å²) < 4.78 is 10.6. The van der Waals surface area contributed by atoms with Crippen molar-refractivity contribution in [2.45, 2.75) is 19.8 Å². The number of aromatic amines is 1. The van der Waals surface area contributed by atoms with Crippen molar-refractivity contribution in [1.82, 2.24) is 10.3 Å². The summed E-state index contributed by atoms with van der Waals surface area (Å²) in [5.74, 6) is 1.93. The summed E-state index contributed by atoms with van der Waals surface area (Å²) in [6.07, 6.45) is 3.73. The Kier molecular flexibility index (Phi) is 8.63. The number of aliphatic imine (C=N–C) groups is 1. The molecule has 0 saturated carbocycles. The van der Waals surface area contributed by atoms with E-state index in [0.717, 1.165) is 29.9 Å². The number of para-hydroxylation sites is 1. The van der Waals surface area contributed by atoms with Crippen LogP contribution in [0.1, 0.15) is 16.7 Å². The zero-order valence-corrected chi connectivity index (χ0v) is 19.4. The van der Waals surface area contributed by atoms with Gasteiger partial charge in [0.1, 0.15) is 0 Å². The Morgan fingerprint density at radius 3 is 2.66 bits per heavy atom. The van der Waals surface area contributed by atoms with E-state index in [1.807, 2.05) is 18.2 Å². The number of nitrogens with one attached hydrogen (secondary N) is 2. The summed E-state index contributed by atoms with van der Waals surface area (Å²) in [6, 6.07) is 12.3. The SMILES string of the molecule is COc1ccc(CCNC(N)=NCCc2c[nH]c3c(C)cccc23)cc1OC.I. The molecule has 1 heterocycles. The molecule has 0 amide bonds. The number of halogens is 1. The Hall–Kier alpha value is -2.42. The van der Waals surface area contributed by atoms with Crippen LogP contribution in [-0.4, -0.2) is 38.3 Å². The van der Waals surface area contributed by atoms with Crippen LogP contribution in [0.25, 0.3) is 10.9 Å². The van der Waals surface area contributed by atoms with Crippen molar-refractivity contribution >= 4 is 40.8 Å². The molecular formula is C22H29IN4O2. The monoisotopic (exact) mass is 508 g/mol. The minimum absolute atomic E-state index is 0. The zero-order chi connectivity index (χ0) is 19.9. The van der Waals surface area contributed by atoms with Gasteiger partial charge in [0.25, 0.3) is 0 Å². The molecule has 0 aliphatic carbocycles. The fourth-order valence-corrected chi connectivity index (χ4v) is 3.29. The Morgan fingerprint density at radius 1 is 1.10 bits per heavy atom. The molecule has 3 rings (SSSR count). The first kappa shape index (κ1) is 22.9. The lowest BCUT2D eigenvalue weighted by molar-refractivity contribution is 0.354. The van der Waals surface area contributed by atoms with Gasteiger partial charge in [0, 0.05) is 30.2 Å². The van der Waals surface area contributed by atoms with Crippen LogP contribution in [0.15, 0.2) is 47.6 Å². The van der Waals surface area contributed by atoms with E-state index in [-0.39, 0.29) is 24.0 Å². The molecule has 4 N–H and O–H groups in total.